The number of carbonyl (C=O) groups is 2. The monoisotopic (exact) mass is 466 g/mol. The first kappa shape index (κ1) is 24.4. The number of rotatable bonds is 7. The summed E-state index contributed by atoms with van der Waals surface area (Å²) in [5.74, 6) is -0.110. The smallest absolute Gasteiger partial charge is 0.312 e. The Hall–Kier alpha value is -0.763. The number of fused-ring (bicyclic) bond motifs is 1. The van der Waals surface area contributed by atoms with Crippen molar-refractivity contribution >= 4 is 20.1 Å². The second-order valence-corrected chi connectivity index (χ2v) is 16.9. The molecule has 5 fully saturated rings. The van der Waals surface area contributed by atoms with Crippen LogP contribution in [0.4, 0.5) is 0 Å². The lowest BCUT2D eigenvalue weighted by Gasteiger charge is -2.53. The highest BCUT2D eigenvalue weighted by atomic mass is 28.4. The lowest BCUT2D eigenvalue weighted by molar-refractivity contribution is -0.179. The molecule has 0 radical (unpaired) electrons. The topological polar surface area (TPSA) is 71.1 Å². The molecule has 0 aromatic carbocycles. The van der Waals surface area contributed by atoms with Gasteiger partial charge in [-0.05, 0) is 57.2 Å². The maximum absolute atomic E-state index is 13.8. The first-order valence-corrected chi connectivity index (χ1v) is 15.4. The van der Waals surface area contributed by atoms with Gasteiger partial charge in [0.25, 0.3) is 0 Å². The molecular weight excluding hydrogens is 424 g/mol. The second kappa shape index (κ2) is 8.17. The zero-order valence-corrected chi connectivity index (χ0v) is 22.0. The summed E-state index contributed by atoms with van der Waals surface area (Å²) in [7, 11) is -2.02. The largest absolute Gasteiger partial charge is 0.466 e. The van der Waals surface area contributed by atoms with Crippen LogP contribution in [-0.2, 0) is 28.2 Å². The molecule has 7 heteroatoms. The Labute approximate surface area is 194 Å². The van der Waals surface area contributed by atoms with Crippen molar-refractivity contribution in [2.75, 3.05) is 26.4 Å². The van der Waals surface area contributed by atoms with Gasteiger partial charge in [-0.1, -0.05) is 20.8 Å². The van der Waals surface area contributed by atoms with Crippen LogP contribution < -0.4 is 0 Å². The van der Waals surface area contributed by atoms with E-state index in [0.29, 0.717) is 45.1 Å². The van der Waals surface area contributed by atoms with Crippen molar-refractivity contribution in [3.8, 4) is 0 Å². The number of hydrogen-bond donors (Lipinski definition) is 0. The van der Waals surface area contributed by atoms with Crippen LogP contribution in [-0.4, -0.2) is 52.8 Å². The van der Waals surface area contributed by atoms with Crippen molar-refractivity contribution in [1.82, 2.24) is 0 Å². The Balaban J connectivity index is 1.71. The average Bonchev–Trinajstić information content (AvgIpc) is 3.22. The van der Waals surface area contributed by atoms with Crippen LogP contribution in [0.1, 0.15) is 60.3 Å². The second-order valence-electron chi connectivity index (χ2n) is 12.0. The van der Waals surface area contributed by atoms with Gasteiger partial charge in [-0.25, -0.2) is 0 Å². The van der Waals surface area contributed by atoms with E-state index in [0.717, 1.165) is 12.8 Å². The standard InChI is InChI=1S/C25H42O6Si/c1-8-28-19-12-24(15-30-19)14-25(22(27)29-9-2)17-11-10-16(21(26)20(17)24)18(25)13-31-32(6,7)23(3,4)5/h16-20H,8-15H2,1-7H3/t16-,17-,18-,19+,20-,24+,25-/m0/s1. The van der Waals surface area contributed by atoms with Crippen LogP contribution in [0.5, 0.6) is 0 Å². The van der Waals surface area contributed by atoms with Crippen LogP contribution in [0.15, 0.2) is 0 Å². The van der Waals surface area contributed by atoms with Crippen LogP contribution in [0.25, 0.3) is 0 Å². The van der Waals surface area contributed by atoms with E-state index in [9.17, 15) is 9.59 Å². The Morgan fingerprint density at radius 3 is 2.53 bits per heavy atom. The van der Waals surface area contributed by atoms with Crippen LogP contribution in [0.2, 0.25) is 18.1 Å². The van der Waals surface area contributed by atoms with E-state index in [1.807, 2.05) is 13.8 Å². The molecule has 1 aliphatic heterocycles. The molecule has 182 valence electrons. The van der Waals surface area contributed by atoms with E-state index < -0.39 is 13.7 Å². The van der Waals surface area contributed by atoms with Crippen LogP contribution in [0, 0.1) is 34.5 Å². The highest BCUT2D eigenvalue weighted by molar-refractivity contribution is 6.74. The SMILES string of the molecule is CCOC(=O)[C@@]12C[C@]3(CO[C@@H](OCC)C3)[C@@H]3C(=O)[C@@H](CC[C@@H]31)[C@@H]2CO[Si](C)(C)C(C)(C)C. The lowest BCUT2D eigenvalue weighted by Crippen LogP contribution is -2.60. The molecule has 1 saturated heterocycles. The highest BCUT2D eigenvalue weighted by Crippen LogP contribution is 2.73. The van der Waals surface area contributed by atoms with Gasteiger partial charge in [0, 0.05) is 42.8 Å². The Bertz CT molecular complexity index is 760. The maximum atomic E-state index is 13.8. The van der Waals surface area contributed by atoms with Gasteiger partial charge in [-0.15, -0.1) is 0 Å². The zero-order valence-electron chi connectivity index (χ0n) is 21.0. The van der Waals surface area contributed by atoms with Gasteiger partial charge < -0.3 is 18.6 Å². The van der Waals surface area contributed by atoms with Gasteiger partial charge in [-0.3, -0.25) is 9.59 Å². The molecule has 7 atom stereocenters. The lowest BCUT2D eigenvalue weighted by atomic mass is 9.50. The molecule has 0 N–H and O–H groups in total. The molecule has 5 aliphatic rings. The van der Waals surface area contributed by atoms with Crippen LogP contribution >= 0.6 is 0 Å². The number of ether oxygens (including phenoxy) is 3. The van der Waals surface area contributed by atoms with Crippen molar-refractivity contribution in [2.24, 2.45) is 34.5 Å². The minimum atomic E-state index is -2.02. The van der Waals surface area contributed by atoms with Gasteiger partial charge in [0.1, 0.15) is 5.78 Å². The molecule has 4 bridgehead atoms. The third kappa shape index (κ3) is 3.45. The third-order valence-corrected chi connectivity index (χ3v) is 14.0. The van der Waals surface area contributed by atoms with Crippen LogP contribution in [0.3, 0.4) is 0 Å². The molecule has 1 heterocycles. The fourth-order valence-corrected chi connectivity index (χ4v) is 8.16. The number of hydrogen-bond acceptors (Lipinski definition) is 6. The van der Waals surface area contributed by atoms with Gasteiger partial charge >= 0.3 is 5.97 Å². The first-order valence-electron chi connectivity index (χ1n) is 12.5. The van der Waals surface area contributed by atoms with Crippen molar-refractivity contribution in [1.29, 1.82) is 0 Å². The summed E-state index contributed by atoms with van der Waals surface area (Å²) in [6.07, 6.45) is 2.84. The quantitative estimate of drug-likeness (QED) is 0.404. The van der Waals surface area contributed by atoms with E-state index in [1.54, 1.807) is 0 Å². The number of carbonyl (C=O) groups excluding carboxylic acids is 2. The maximum Gasteiger partial charge on any atom is 0.312 e. The third-order valence-electron chi connectivity index (χ3n) is 9.54. The minimum Gasteiger partial charge on any atom is -0.466 e. The van der Waals surface area contributed by atoms with E-state index in [4.69, 9.17) is 18.6 Å². The summed E-state index contributed by atoms with van der Waals surface area (Å²) in [4.78, 5) is 27.5. The zero-order chi connectivity index (χ0) is 23.5. The predicted octanol–water partition coefficient (Wildman–Crippen LogP) is 4.57. The van der Waals surface area contributed by atoms with Gasteiger partial charge in [0.05, 0.1) is 18.6 Å². The number of ketones is 1. The molecule has 0 amide bonds. The molecular formula is C25H42O6Si. The number of esters is 1. The van der Waals surface area contributed by atoms with Crippen molar-refractivity contribution in [3.63, 3.8) is 0 Å². The van der Waals surface area contributed by atoms with E-state index in [2.05, 4.69) is 33.9 Å². The van der Waals surface area contributed by atoms with Gasteiger partial charge in [0.15, 0.2) is 14.6 Å². The Morgan fingerprint density at radius 1 is 1.19 bits per heavy atom. The first-order chi connectivity index (χ1) is 14.9. The molecule has 5 rings (SSSR count). The molecule has 1 spiro atoms. The van der Waals surface area contributed by atoms with Crippen molar-refractivity contribution in [3.05, 3.63) is 0 Å². The molecule has 4 saturated carbocycles. The fraction of sp³-hybridized carbons (Fsp3) is 0.920. The van der Waals surface area contributed by atoms with Crippen molar-refractivity contribution < 1.29 is 28.2 Å². The number of Topliss-reactive ketones (excluding diaryl/α,β-unsaturated/α-hetero) is 1. The summed E-state index contributed by atoms with van der Waals surface area (Å²) in [6, 6.07) is 0. The normalized spacial score (nSPS) is 41.0. The van der Waals surface area contributed by atoms with E-state index in [1.165, 1.54) is 0 Å². The minimum absolute atomic E-state index is 0.0241. The van der Waals surface area contributed by atoms with Crippen molar-refractivity contribution in [2.45, 2.75) is 84.7 Å². The molecule has 0 aromatic heterocycles. The predicted molar refractivity (Wildman–Crippen MR) is 123 cm³/mol. The molecule has 0 unspecified atom stereocenters. The molecule has 4 aliphatic carbocycles. The average molecular weight is 467 g/mol. The summed E-state index contributed by atoms with van der Waals surface area (Å²) in [5, 5.41) is 0.0746. The molecule has 0 aromatic rings. The Kier molecular flexibility index (Phi) is 6.22. The van der Waals surface area contributed by atoms with E-state index in [-0.39, 0.29) is 46.4 Å². The summed E-state index contributed by atoms with van der Waals surface area (Å²) < 4.78 is 24.2. The molecule has 32 heavy (non-hydrogen) atoms. The van der Waals surface area contributed by atoms with E-state index >= 15 is 0 Å². The summed E-state index contributed by atoms with van der Waals surface area (Å²) >= 11 is 0. The molecule has 6 nitrogen and oxygen atoms in total. The fourth-order valence-electron chi connectivity index (χ4n) is 7.13. The summed E-state index contributed by atoms with van der Waals surface area (Å²) in [5.41, 5.74) is -0.969. The van der Waals surface area contributed by atoms with Gasteiger partial charge in [-0.2, -0.15) is 0 Å². The summed E-state index contributed by atoms with van der Waals surface area (Å²) in [6.45, 7) is 16.9. The van der Waals surface area contributed by atoms with Gasteiger partial charge in [0.2, 0.25) is 0 Å². The Morgan fingerprint density at radius 2 is 1.91 bits per heavy atom. The highest BCUT2D eigenvalue weighted by Gasteiger charge is 2.76.